The lowest BCUT2D eigenvalue weighted by atomic mass is 10.1. The Bertz CT molecular complexity index is 522. The molecule has 0 aliphatic rings. The maximum Gasteiger partial charge on any atom is 0.259 e. The molecule has 2 aromatic rings. The first kappa shape index (κ1) is 12.3. The van der Waals surface area contributed by atoms with Gasteiger partial charge in [0.2, 0.25) is 0 Å². The summed E-state index contributed by atoms with van der Waals surface area (Å²) in [5.41, 5.74) is 1.70. The number of H-pyrrole nitrogens is 1. The molecule has 0 fully saturated rings. The smallest absolute Gasteiger partial charge is 0.259 e. The van der Waals surface area contributed by atoms with Crippen molar-refractivity contribution in [2.24, 2.45) is 0 Å². The zero-order valence-corrected chi connectivity index (χ0v) is 10.3. The highest BCUT2D eigenvalue weighted by molar-refractivity contribution is 5.94. The number of ether oxygens (including phenoxy) is 1. The van der Waals surface area contributed by atoms with E-state index in [0.717, 1.165) is 11.1 Å². The van der Waals surface area contributed by atoms with E-state index in [1.165, 1.54) is 7.11 Å². The highest BCUT2D eigenvalue weighted by Gasteiger charge is 2.20. The summed E-state index contributed by atoms with van der Waals surface area (Å²) in [5.74, 6) is 0.369. The summed E-state index contributed by atoms with van der Waals surface area (Å²) in [4.78, 5) is 12.1. The molecule has 1 heterocycles. The average Bonchev–Trinajstić information content (AvgIpc) is 2.77. The van der Waals surface area contributed by atoms with Gasteiger partial charge in [-0.25, -0.2) is 0 Å². The topological polar surface area (TPSA) is 67.0 Å². The Morgan fingerprint density at radius 3 is 2.67 bits per heavy atom. The fourth-order valence-corrected chi connectivity index (χ4v) is 1.68. The molecule has 2 rings (SSSR count). The molecule has 0 radical (unpaired) electrons. The van der Waals surface area contributed by atoms with Gasteiger partial charge in [-0.2, -0.15) is 5.10 Å². The van der Waals surface area contributed by atoms with Gasteiger partial charge in [-0.05, 0) is 12.5 Å². The number of methoxy groups -OCH3 is 1. The van der Waals surface area contributed by atoms with Crippen molar-refractivity contribution in [1.29, 1.82) is 0 Å². The van der Waals surface area contributed by atoms with Gasteiger partial charge in [0.15, 0.2) is 6.10 Å². The second kappa shape index (κ2) is 5.46. The van der Waals surface area contributed by atoms with Gasteiger partial charge in [0.1, 0.15) is 5.82 Å². The number of hydrogen-bond acceptors (Lipinski definition) is 3. The van der Waals surface area contributed by atoms with Crippen molar-refractivity contribution in [3.63, 3.8) is 0 Å². The normalized spacial score (nSPS) is 12.1. The Morgan fingerprint density at radius 2 is 2.11 bits per heavy atom. The number of rotatable bonds is 4. The molecule has 94 valence electrons. The minimum absolute atomic E-state index is 0.226. The standard InChI is InChI=1S/C13H15N3O2/c1-9-8-14-16-12(9)15-13(17)11(18-2)10-6-4-3-5-7-10/h3-8,11H,1-2H3,(H2,14,15,16,17). The molecule has 2 N–H and O–H groups in total. The monoisotopic (exact) mass is 245 g/mol. The van der Waals surface area contributed by atoms with Crippen molar-refractivity contribution in [2.45, 2.75) is 13.0 Å². The van der Waals surface area contributed by atoms with E-state index in [1.807, 2.05) is 37.3 Å². The molecule has 0 bridgehead atoms. The largest absolute Gasteiger partial charge is 0.367 e. The van der Waals surface area contributed by atoms with Crippen molar-refractivity contribution in [1.82, 2.24) is 10.2 Å². The molecular formula is C13H15N3O2. The lowest BCUT2D eigenvalue weighted by Crippen LogP contribution is -2.23. The molecule has 0 spiro atoms. The third-order valence-corrected chi connectivity index (χ3v) is 2.65. The van der Waals surface area contributed by atoms with Gasteiger partial charge in [0, 0.05) is 12.7 Å². The van der Waals surface area contributed by atoms with Crippen LogP contribution < -0.4 is 5.32 Å². The van der Waals surface area contributed by atoms with Crippen molar-refractivity contribution >= 4 is 11.7 Å². The molecule has 5 heteroatoms. The van der Waals surface area contributed by atoms with Crippen LogP contribution in [0.2, 0.25) is 0 Å². The summed E-state index contributed by atoms with van der Waals surface area (Å²) >= 11 is 0. The maximum absolute atomic E-state index is 12.1. The van der Waals surface area contributed by atoms with E-state index >= 15 is 0 Å². The van der Waals surface area contributed by atoms with E-state index in [9.17, 15) is 4.79 Å². The van der Waals surface area contributed by atoms with Crippen LogP contribution >= 0.6 is 0 Å². The van der Waals surface area contributed by atoms with Gasteiger partial charge in [-0.3, -0.25) is 9.89 Å². The van der Waals surface area contributed by atoms with E-state index < -0.39 is 6.10 Å². The number of benzene rings is 1. The van der Waals surface area contributed by atoms with Crippen LogP contribution in [0.3, 0.4) is 0 Å². The summed E-state index contributed by atoms with van der Waals surface area (Å²) in [7, 11) is 1.51. The summed E-state index contributed by atoms with van der Waals surface area (Å²) in [6.07, 6.45) is 1.02. The molecule has 0 aliphatic carbocycles. The van der Waals surface area contributed by atoms with Crippen LogP contribution in [-0.4, -0.2) is 23.2 Å². The molecule has 18 heavy (non-hydrogen) atoms. The predicted octanol–water partition coefficient (Wildman–Crippen LogP) is 2.04. The van der Waals surface area contributed by atoms with Crippen LogP contribution in [0.1, 0.15) is 17.2 Å². The van der Waals surface area contributed by atoms with Gasteiger partial charge < -0.3 is 10.1 Å². The van der Waals surface area contributed by atoms with E-state index in [-0.39, 0.29) is 5.91 Å². The number of carbonyl (C=O) groups excluding carboxylic acids is 1. The van der Waals surface area contributed by atoms with Crippen LogP contribution in [0.15, 0.2) is 36.5 Å². The summed E-state index contributed by atoms with van der Waals surface area (Å²) in [6, 6.07) is 9.35. The lowest BCUT2D eigenvalue weighted by Gasteiger charge is -2.15. The fourth-order valence-electron chi connectivity index (χ4n) is 1.68. The van der Waals surface area contributed by atoms with Crippen LogP contribution in [0.5, 0.6) is 0 Å². The Kier molecular flexibility index (Phi) is 3.74. The molecule has 1 aromatic carbocycles. The first-order chi connectivity index (χ1) is 8.72. The van der Waals surface area contributed by atoms with Crippen LogP contribution in [-0.2, 0) is 9.53 Å². The van der Waals surface area contributed by atoms with Gasteiger partial charge >= 0.3 is 0 Å². The average molecular weight is 245 g/mol. The second-order valence-corrected chi connectivity index (χ2v) is 3.94. The molecule has 1 amide bonds. The number of amides is 1. The Balaban J connectivity index is 2.14. The minimum Gasteiger partial charge on any atom is -0.367 e. The number of nitrogens with one attached hydrogen (secondary N) is 2. The molecule has 1 unspecified atom stereocenters. The van der Waals surface area contributed by atoms with Crippen LogP contribution in [0.25, 0.3) is 0 Å². The van der Waals surface area contributed by atoms with Gasteiger partial charge in [0.25, 0.3) is 5.91 Å². The number of carbonyl (C=O) groups is 1. The second-order valence-electron chi connectivity index (χ2n) is 3.94. The first-order valence-corrected chi connectivity index (χ1v) is 5.61. The Hall–Kier alpha value is -2.14. The summed E-state index contributed by atoms with van der Waals surface area (Å²) < 4.78 is 5.24. The lowest BCUT2D eigenvalue weighted by molar-refractivity contribution is -0.126. The van der Waals surface area contributed by atoms with Crippen molar-refractivity contribution in [2.75, 3.05) is 12.4 Å². The van der Waals surface area contributed by atoms with Crippen LogP contribution in [0, 0.1) is 6.92 Å². The molecule has 0 saturated heterocycles. The number of aryl methyl sites for hydroxylation is 1. The zero-order valence-electron chi connectivity index (χ0n) is 10.3. The number of nitrogens with zero attached hydrogens (tertiary/aromatic N) is 1. The number of hydrogen-bond donors (Lipinski definition) is 2. The zero-order chi connectivity index (χ0) is 13.0. The van der Waals surface area contributed by atoms with Gasteiger partial charge in [-0.15, -0.1) is 0 Å². The third-order valence-electron chi connectivity index (χ3n) is 2.65. The Labute approximate surface area is 105 Å². The van der Waals surface area contributed by atoms with Crippen molar-refractivity contribution in [3.8, 4) is 0 Å². The van der Waals surface area contributed by atoms with E-state index in [4.69, 9.17) is 4.74 Å². The highest BCUT2D eigenvalue weighted by Crippen LogP contribution is 2.19. The molecule has 0 aliphatic heterocycles. The minimum atomic E-state index is -0.631. The maximum atomic E-state index is 12.1. The van der Waals surface area contributed by atoms with Gasteiger partial charge in [0.05, 0.1) is 6.20 Å². The summed E-state index contributed by atoms with van der Waals surface area (Å²) in [6.45, 7) is 1.86. The molecule has 1 atom stereocenters. The fraction of sp³-hybridized carbons (Fsp3) is 0.231. The first-order valence-electron chi connectivity index (χ1n) is 5.61. The van der Waals surface area contributed by atoms with Gasteiger partial charge in [-0.1, -0.05) is 30.3 Å². The molecular weight excluding hydrogens is 230 g/mol. The molecule has 1 aromatic heterocycles. The summed E-state index contributed by atoms with van der Waals surface area (Å²) in [5, 5.41) is 9.34. The number of anilines is 1. The highest BCUT2D eigenvalue weighted by atomic mass is 16.5. The third kappa shape index (κ3) is 2.57. The molecule has 0 saturated carbocycles. The molecule has 5 nitrogen and oxygen atoms in total. The predicted molar refractivity (Wildman–Crippen MR) is 68.1 cm³/mol. The Morgan fingerprint density at radius 1 is 1.39 bits per heavy atom. The van der Waals surface area contributed by atoms with Crippen LogP contribution in [0.4, 0.5) is 5.82 Å². The van der Waals surface area contributed by atoms with Crippen molar-refractivity contribution < 1.29 is 9.53 Å². The SMILES string of the molecule is COC(C(=O)Nc1[nH]ncc1C)c1ccccc1. The number of aromatic amines is 1. The number of aromatic nitrogens is 2. The quantitative estimate of drug-likeness (QED) is 0.866. The van der Waals surface area contributed by atoms with Crippen molar-refractivity contribution in [3.05, 3.63) is 47.7 Å². The van der Waals surface area contributed by atoms with E-state index in [0.29, 0.717) is 5.82 Å². The van der Waals surface area contributed by atoms with E-state index in [2.05, 4.69) is 15.5 Å². The van der Waals surface area contributed by atoms with E-state index in [1.54, 1.807) is 6.20 Å².